The summed E-state index contributed by atoms with van der Waals surface area (Å²) in [4.78, 5) is 23.2. The van der Waals surface area contributed by atoms with Crippen molar-refractivity contribution < 1.29 is 19.6 Å². The molecule has 2 rings (SSSR count). The summed E-state index contributed by atoms with van der Waals surface area (Å²) in [6.45, 7) is 8.32. The van der Waals surface area contributed by atoms with Gasteiger partial charge in [-0.05, 0) is 39.3 Å². The third kappa shape index (κ3) is 5.67. The van der Waals surface area contributed by atoms with Crippen LogP contribution in [-0.4, -0.2) is 34.2 Å². The van der Waals surface area contributed by atoms with Crippen LogP contribution in [0.2, 0.25) is 0 Å². The number of hydrogen-bond donors (Lipinski definition) is 3. The van der Waals surface area contributed by atoms with E-state index >= 15 is 0 Å². The molecule has 2 atom stereocenters. The van der Waals surface area contributed by atoms with Gasteiger partial charge >= 0.3 is 0 Å². The summed E-state index contributed by atoms with van der Waals surface area (Å²) in [5.74, 6) is 0.0894. The molecule has 0 bridgehead atoms. The number of carbonyl (C=O) groups excluding carboxylic acids is 1. The van der Waals surface area contributed by atoms with Crippen LogP contribution >= 0.6 is 0 Å². The standard InChI is InChI=1S/C21H33N3O5/c1-5-7-9-11-22-19-14-12-15(23-18(25)10-8-6-2)16(24(27)28)13-17(14)29-21(3,4)20(19)26/h12-13,19-20,22,26H,5-11H2,1-4H3,(H,23,25). The summed E-state index contributed by atoms with van der Waals surface area (Å²) in [5, 5.41) is 28.5. The Hall–Kier alpha value is -2.19. The molecule has 162 valence electrons. The van der Waals surface area contributed by atoms with Crippen molar-refractivity contribution in [2.45, 2.75) is 84.0 Å². The van der Waals surface area contributed by atoms with Crippen molar-refractivity contribution in [1.29, 1.82) is 0 Å². The summed E-state index contributed by atoms with van der Waals surface area (Å²) >= 11 is 0. The van der Waals surface area contributed by atoms with E-state index in [9.17, 15) is 20.0 Å². The first-order valence-corrected chi connectivity index (χ1v) is 10.4. The summed E-state index contributed by atoms with van der Waals surface area (Å²) in [6.07, 6.45) is 4.14. The number of nitro groups is 1. The number of hydrogen-bond acceptors (Lipinski definition) is 6. The molecule has 0 spiro atoms. The van der Waals surface area contributed by atoms with Gasteiger partial charge in [-0.3, -0.25) is 14.9 Å². The number of carbonyl (C=O) groups is 1. The summed E-state index contributed by atoms with van der Waals surface area (Å²) in [7, 11) is 0. The maximum atomic E-state index is 12.2. The van der Waals surface area contributed by atoms with Crippen LogP contribution in [0, 0.1) is 10.1 Å². The van der Waals surface area contributed by atoms with Crippen LogP contribution in [0.15, 0.2) is 12.1 Å². The zero-order valence-corrected chi connectivity index (χ0v) is 17.8. The molecule has 2 unspecified atom stereocenters. The van der Waals surface area contributed by atoms with E-state index in [1.54, 1.807) is 19.9 Å². The minimum absolute atomic E-state index is 0.130. The molecule has 1 aromatic rings. The Morgan fingerprint density at radius 2 is 1.93 bits per heavy atom. The number of rotatable bonds is 10. The van der Waals surface area contributed by atoms with E-state index < -0.39 is 22.7 Å². The summed E-state index contributed by atoms with van der Waals surface area (Å²) in [5.41, 5.74) is -0.379. The molecular formula is C21H33N3O5. The second-order valence-corrected chi connectivity index (χ2v) is 8.11. The van der Waals surface area contributed by atoms with Crippen LogP contribution < -0.4 is 15.4 Å². The number of amides is 1. The molecule has 8 heteroatoms. The minimum Gasteiger partial charge on any atom is -0.484 e. The average Bonchev–Trinajstić information content (AvgIpc) is 2.66. The van der Waals surface area contributed by atoms with E-state index in [1.165, 1.54) is 6.07 Å². The number of nitrogens with zero attached hydrogens (tertiary/aromatic N) is 1. The van der Waals surface area contributed by atoms with Crippen molar-refractivity contribution >= 4 is 17.3 Å². The van der Waals surface area contributed by atoms with Crippen LogP contribution in [0.1, 0.15) is 77.8 Å². The lowest BCUT2D eigenvalue weighted by Gasteiger charge is -2.42. The number of anilines is 1. The summed E-state index contributed by atoms with van der Waals surface area (Å²) in [6, 6.07) is 2.46. The van der Waals surface area contributed by atoms with Gasteiger partial charge in [0.1, 0.15) is 23.1 Å². The normalized spacial score (nSPS) is 19.9. The molecule has 0 saturated carbocycles. The Morgan fingerprint density at radius 1 is 1.24 bits per heavy atom. The van der Waals surface area contributed by atoms with E-state index in [0.717, 1.165) is 25.7 Å². The fourth-order valence-electron chi connectivity index (χ4n) is 3.49. The van der Waals surface area contributed by atoms with Gasteiger partial charge in [0.15, 0.2) is 0 Å². The van der Waals surface area contributed by atoms with Gasteiger partial charge in [0.2, 0.25) is 5.91 Å². The van der Waals surface area contributed by atoms with Crippen molar-refractivity contribution in [3.63, 3.8) is 0 Å². The molecule has 1 aliphatic heterocycles. The highest BCUT2D eigenvalue weighted by Crippen LogP contribution is 2.44. The van der Waals surface area contributed by atoms with Gasteiger partial charge in [-0.2, -0.15) is 0 Å². The van der Waals surface area contributed by atoms with E-state index in [4.69, 9.17) is 4.74 Å². The van der Waals surface area contributed by atoms with Crippen molar-refractivity contribution in [2.24, 2.45) is 0 Å². The van der Waals surface area contributed by atoms with Crippen LogP contribution in [0.3, 0.4) is 0 Å². The molecule has 8 nitrogen and oxygen atoms in total. The van der Waals surface area contributed by atoms with Crippen molar-refractivity contribution in [2.75, 3.05) is 11.9 Å². The van der Waals surface area contributed by atoms with Gasteiger partial charge in [0.05, 0.1) is 17.0 Å². The Morgan fingerprint density at radius 3 is 2.55 bits per heavy atom. The van der Waals surface area contributed by atoms with Crippen LogP contribution in [0.4, 0.5) is 11.4 Å². The highest BCUT2D eigenvalue weighted by Gasteiger charge is 2.43. The monoisotopic (exact) mass is 407 g/mol. The SMILES string of the molecule is CCCCCNC1c2cc(NC(=O)CCCC)c([N+](=O)[O-])cc2OC(C)(C)C1O. The lowest BCUT2D eigenvalue weighted by Crippen LogP contribution is -2.52. The number of nitrogens with one attached hydrogen (secondary N) is 2. The van der Waals surface area contributed by atoms with Crippen LogP contribution in [0.25, 0.3) is 0 Å². The molecular weight excluding hydrogens is 374 g/mol. The van der Waals surface area contributed by atoms with Crippen molar-refractivity contribution in [1.82, 2.24) is 5.32 Å². The number of fused-ring (bicyclic) bond motifs is 1. The zero-order chi connectivity index (χ0) is 21.6. The molecule has 0 fully saturated rings. The first kappa shape index (κ1) is 23.1. The quantitative estimate of drug-likeness (QED) is 0.306. The maximum Gasteiger partial charge on any atom is 0.296 e. The fraction of sp³-hybridized carbons (Fsp3) is 0.667. The number of aliphatic hydroxyl groups is 1. The Kier molecular flexibility index (Phi) is 7.98. The second kappa shape index (κ2) is 10.0. The second-order valence-electron chi connectivity index (χ2n) is 8.11. The Labute approximate surface area is 172 Å². The van der Waals surface area contributed by atoms with Gasteiger partial charge in [-0.15, -0.1) is 0 Å². The van der Waals surface area contributed by atoms with Gasteiger partial charge in [-0.1, -0.05) is 33.1 Å². The number of ether oxygens (including phenoxy) is 1. The number of benzene rings is 1. The molecule has 3 N–H and O–H groups in total. The van der Waals surface area contributed by atoms with E-state index in [0.29, 0.717) is 30.7 Å². The third-order valence-corrected chi connectivity index (χ3v) is 5.24. The molecule has 1 aliphatic rings. The maximum absolute atomic E-state index is 12.2. The predicted octanol–water partition coefficient (Wildman–Crippen LogP) is 4.08. The summed E-state index contributed by atoms with van der Waals surface area (Å²) < 4.78 is 5.90. The lowest BCUT2D eigenvalue weighted by atomic mass is 9.86. The van der Waals surface area contributed by atoms with Gasteiger partial charge < -0.3 is 20.5 Å². The predicted molar refractivity (Wildman–Crippen MR) is 112 cm³/mol. The topological polar surface area (TPSA) is 114 Å². The van der Waals surface area contributed by atoms with Crippen molar-refractivity contribution in [3.8, 4) is 5.75 Å². The van der Waals surface area contributed by atoms with E-state index in [1.807, 2.05) is 6.92 Å². The highest BCUT2D eigenvalue weighted by atomic mass is 16.6. The first-order chi connectivity index (χ1) is 13.7. The highest BCUT2D eigenvalue weighted by molar-refractivity contribution is 5.93. The number of unbranched alkanes of at least 4 members (excludes halogenated alkanes) is 3. The van der Waals surface area contributed by atoms with E-state index in [2.05, 4.69) is 17.6 Å². The molecule has 29 heavy (non-hydrogen) atoms. The lowest BCUT2D eigenvalue weighted by molar-refractivity contribution is -0.384. The van der Waals surface area contributed by atoms with E-state index in [-0.39, 0.29) is 17.3 Å². The van der Waals surface area contributed by atoms with Crippen LogP contribution in [-0.2, 0) is 4.79 Å². The van der Waals surface area contributed by atoms with Gasteiger partial charge in [-0.25, -0.2) is 0 Å². The number of aliphatic hydroxyl groups excluding tert-OH is 1. The molecule has 0 aromatic heterocycles. The third-order valence-electron chi connectivity index (χ3n) is 5.24. The molecule has 0 aliphatic carbocycles. The molecule has 1 heterocycles. The molecule has 0 radical (unpaired) electrons. The first-order valence-electron chi connectivity index (χ1n) is 10.4. The minimum atomic E-state index is -0.908. The average molecular weight is 408 g/mol. The smallest absolute Gasteiger partial charge is 0.296 e. The number of nitro benzene ring substituents is 1. The zero-order valence-electron chi connectivity index (χ0n) is 17.8. The largest absolute Gasteiger partial charge is 0.484 e. The Balaban J connectivity index is 2.40. The molecule has 1 amide bonds. The van der Waals surface area contributed by atoms with Crippen LogP contribution in [0.5, 0.6) is 5.75 Å². The molecule has 0 saturated heterocycles. The Bertz CT molecular complexity index is 735. The van der Waals surface area contributed by atoms with Gasteiger partial charge in [0.25, 0.3) is 5.69 Å². The fourth-order valence-corrected chi connectivity index (χ4v) is 3.49. The molecule has 1 aromatic carbocycles. The van der Waals surface area contributed by atoms with Crippen molar-refractivity contribution in [3.05, 3.63) is 27.8 Å². The van der Waals surface area contributed by atoms with Gasteiger partial charge in [0, 0.05) is 12.0 Å².